The summed E-state index contributed by atoms with van der Waals surface area (Å²) in [6, 6.07) is 13.0. The Bertz CT molecular complexity index is 3050. The highest BCUT2D eigenvalue weighted by atomic mass is 32.2. The summed E-state index contributed by atoms with van der Waals surface area (Å²) in [4.78, 5) is 58.0. The van der Waals surface area contributed by atoms with Crippen LogP contribution in [-0.2, 0) is 73.1 Å². The minimum Gasteiger partial charge on any atom is -0.618 e. The van der Waals surface area contributed by atoms with Crippen molar-refractivity contribution in [2.24, 2.45) is 88.6 Å². The Hall–Kier alpha value is -3.63. The van der Waals surface area contributed by atoms with Crippen molar-refractivity contribution in [2.75, 3.05) is 38.2 Å². The largest absolute Gasteiger partial charge is 0.618 e. The highest BCUT2D eigenvalue weighted by Gasteiger charge is 2.70. The Balaban J connectivity index is 0.000000115. The molecule has 18 aliphatic rings. The highest BCUT2D eigenvalue weighted by Crippen LogP contribution is 2.67. The van der Waals surface area contributed by atoms with Crippen LogP contribution in [0.3, 0.4) is 0 Å². The fourth-order valence-corrected chi connectivity index (χ4v) is 22.6. The van der Waals surface area contributed by atoms with Crippen molar-refractivity contribution in [2.45, 2.75) is 219 Å². The fourth-order valence-electron chi connectivity index (χ4n) is 20.9. The Labute approximate surface area is 535 Å². The average Bonchev–Trinajstić information content (AvgIpc) is 1.68. The molecule has 15 aliphatic carbocycles. The minimum atomic E-state index is -3.67. The molecule has 24 heteroatoms. The van der Waals surface area contributed by atoms with Crippen molar-refractivity contribution in [1.29, 1.82) is 0 Å². The Kier molecular flexibility index (Phi) is 18.1. The predicted molar refractivity (Wildman–Crippen MR) is 325 cm³/mol. The normalized spacial score (nSPS) is 44.0. The van der Waals surface area contributed by atoms with Gasteiger partial charge in [-0.1, -0.05) is 12.1 Å². The topological polar surface area (TPSA) is 292 Å². The monoisotopic (exact) mass is 1310 g/mol. The van der Waals surface area contributed by atoms with Crippen LogP contribution in [0.5, 0.6) is 5.75 Å². The van der Waals surface area contributed by atoms with Crippen molar-refractivity contribution in [1.82, 2.24) is 10.6 Å². The molecule has 6 spiro atoms. The van der Waals surface area contributed by atoms with E-state index in [4.69, 9.17) is 58.6 Å². The van der Waals surface area contributed by atoms with Gasteiger partial charge in [0, 0.05) is 99.3 Å². The third kappa shape index (κ3) is 13.1. The van der Waals surface area contributed by atoms with Crippen molar-refractivity contribution < 1.29 is 84.0 Å². The number of hydrogen-bond donors (Lipinski definition) is 4. The number of aromatic nitrogens is 1. The van der Waals surface area contributed by atoms with E-state index in [-0.39, 0.29) is 29.1 Å². The van der Waals surface area contributed by atoms with E-state index >= 15 is 0 Å². The molecule has 91 heavy (non-hydrogen) atoms. The molecule has 0 unspecified atom stereocenters. The molecule has 504 valence electrons. The molecular weight excluding hydrogens is 1210 g/mol. The van der Waals surface area contributed by atoms with Gasteiger partial charge < -0.3 is 40.5 Å². The van der Waals surface area contributed by atoms with Gasteiger partial charge in [-0.15, -0.1) is 0 Å². The van der Waals surface area contributed by atoms with E-state index < -0.39 is 54.7 Å². The van der Waals surface area contributed by atoms with Gasteiger partial charge >= 0.3 is 5.03 Å². The molecular formula is C67H96N4O18S2. The van der Waals surface area contributed by atoms with Gasteiger partial charge in [-0.3, -0.25) is 14.1 Å². The first kappa shape index (κ1) is 64.7. The average molecular weight is 1310 g/mol. The molecule has 0 radical (unpaired) electrons. The van der Waals surface area contributed by atoms with Gasteiger partial charge in [0.2, 0.25) is 56.9 Å². The summed E-state index contributed by atoms with van der Waals surface area (Å²) in [6.45, 7) is 1.77. The first-order valence-corrected chi connectivity index (χ1v) is 38.1. The number of nitrogens with two attached hydrogens (primary N) is 1. The predicted octanol–water partition coefficient (Wildman–Crippen LogP) is 8.99. The van der Waals surface area contributed by atoms with E-state index in [0.717, 1.165) is 92.6 Å². The number of pyridine rings is 1. The van der Waals surface area contributed by atoms with Crippen LogP contribution in [-0.4, -0.2) is 107 Å². The molecule has 4 heterocycles. The number of nitrogens with zero attached hydrogens (tertiary/aromatic N) is 1. The molecule has 1 aromatic heterocycles. The molecule has 20 rings (SSSR count). The van der Waals surface area contributed by atoms with E-state index in [1.807, 2.05) is 0 Å². The highest BCUT2D eigenvalue weighted by molar-refractivity contribution is 7.91. The molecule has 15 saturated carbocycles. The van der Waals surface area contributed by atoms with Gasteiger partial charge in [-0.05, 0) is 212 Å². The van der Waals surface area contributed by atoms with Crippen molar-refractivity contribution in [3.63, 3.8) is 0 Å². The SMILES string of the molecule is CS(=O)(=O)O.NCCOc1ccc(C2CCC3(CC2)OOC2(O3)C3CC4CC(C3)CC2C4)cc1.O=CNCC(=O)NCC1CCC2(CC1)OOC1(O2)C2CC3CC(C2)CC1C3.O=S(=O)(CC1CCC2(CC1)OOC1(O2)C2CC3CC(C2)CC1C3)c1cccc[n+]1[O-]. The van der Waals surface area contributed by atoms with Crippen molar-refractivity contribution in [3.8, 4) is 5.75 Å². The van der Waals surface area contributed by atoms with Crippen molar-refractivity contribution in [3.05, 3.63) is 59.4 Å². The number of hydrogen-bond acceptors (Lipinski definition) is 18. The molecule has 18 fully saturated rings. The second kappa shape index (κ2) is 25.4. The molecule has 1 aromatic carbocycles. The number of ether oxygens (including phenoxy) is 4. The van der Waals surface area contributed by atoms with Crippen LogP contribution in [0.15, 0.2) is 53.7 Å². The Morgan fingerprint density at radius 1 is 0.604 bits per heavy atom. The van der Waals surface area contributed by atoms with Crippen LogP contribution in [0.1, 0.15) is 185 Å². The molecule has 3 saturated heterocycles. The maximum absolute atomic E-state index is 12.7. The lowest BCUT2D eigenvalue weighted by Crippen LogP contribution is -2.59. The molecule has 3 aliphatic heterocycles. The summed E-state index contributed by atoms with van der Waals surface area (Å²) in [5, 5.41) is 17.0. The third-order valence-electron chi connectivity index (χ3n) is 24.6. The Morgan fingerprint density at radius 2 is 1.00 bits per heavy atom. The molecule has 22 nitrogen and oxygen atoms in total. The number of rotatable bonds is 12. The molecule has 0 atom stereocenters. The summed E-state index contributed by atoms with van der Waals surface area (Å²) in [5.74, 6) is 6.44. The summed E-state index contributed by atoms with van der Waals surface area (Å²) in [7, 11) is -7.30. The van der Waals surface area contributed by atoms with Crippen LogP contribution in [0, 0.1) is 88.1 Å². The van der Waals surface area contributed by atoms with Crippen LogP contribution < -0.4 is 25.8 Å². The lowest BCUT2D eigenvalue weighted by molar-refractivity contribution is -0.646. The van der Waals surface area contributed by atoms with Crippen LogP contribution in [0.25, 0.3) is 0 Å². The van der Waals surface area contributed by atoms with Gasteiger partial charge in [0.25, 0.3) is 10.1 Å². The second-order valence-electron chi connectivity index (χ2n) is 30.7. The van der Waals surface area contributed by atoms with E-state index in [2.05, 4.69) is 34.9 Å². The summed E-state index contributed by atoms with van der Waals surface area (Å²) < 4.78 is 77.6. The zero-order chi connectivity index (χ0) is 63.0. The number of nitrogens with one attached hydrogen (secondary N) is 2. The number of carbonyl (C=O) groups excluding carboxylic acids is 2. The lowest BCUT2D eigenvalue weighted by atomic mass is 9.53. The molecule has 12 bridgehead atoms. The number of carbonyl (C=O) groups is 2. The molecule has 2 aromatic rings. The number of amides is 2. The maximum atomic E-state index is 12.7. The third-order valence-corrected chi connectivity index (χ3v) is 26.4. The van der Waals surface area contributed by atoms with Gasteiger partial charge in [-0.25, -0.2) is 8.42 Å². The lowest BCUT2D eigenvalue weighted by Gasteiger charge is -2.57. The first-order valence-electron chi connectivity index (χ1n) is 34.6. The standard InChI is InChI=1S/C24H33NO4.C22H29NO6S.C20H30N2O5.CH4O3S/c25-9-10-26-22-3-1-18(2-4-22)19-5-7-23(8-6-19)27-24(29-28-23)20-12-16-11-17(14-20)15-21(24)13-16;24-23-8-2-1-3-20(23)30(25,26)14-15-4-6-21(7-5-15)27-22(29-28-21)18-10-16-9-17(12-18)13-19(22)11-16;23-12-21-11-18(24)22-10-13-1-3-19(4-2-13)25-20(27-26-19)16-6-14-5-15(8-16)9-17(20)7-14;1-5(2,3)4/h1-4,16-17,19-21H,5-15,25H2;1-3,8,15-19H,4-7,9-14H2;12-17H,1-11H2,(H,21,23)(H,22,24);1H3,(H,2,3,4). The van der Waals surface area contributed by atoms with Crippen LogP contribution >= 0.6 is 0 Å². The van der Waals surface area contributed by atoms with Gasteiger partial charge in [0.1, 0.15) is 12.4 Å². The fraction of sp³-hybridized carbons (Fsp3) is 0.806. The van der Waals surface area contributed by atoms with Crippen LogP contribution in [0.4, 0.5) is 0 Å². The maximum Gasteiger partial charge on any atom is 0.308 e. The van der Waals surface area contributed by atoms with Gasteiger partial charge in [0.05, 0.1) is 18.6 Å². The smallest absolute Gasteiger partial charge is 0.308 e. The van der Waals surface area contributed by atoms with E-state index in [0.29, 0.717) is 110 Å². The number of benzene rings is 1. The van der Waals surface area contributed by atoms with Crippen LogP contribution in [0.2, 0.25) is 0 Å². The van der Waals surface area contributed by atoms with E-state index in [9.17, 15) is 31.6 Å². The molecule has 2 amide bonds. The van der Waals surface area contributed by atoms with E-state index in [1.165, 1.54) is 120 Å². The number of sulfone groups is 1. The second-order valence-corrected chi connectivity index (χ2v) is 34.1. The molecule has 5 N–H and O–H groups in total. The van der Waals surface area contributed by atoms with Gasteiger partial charge in [-0.2, -0.15) is 42.5 Å². The summed E-state index contributed by atoms with van der Waals surface area (Å²) in [5.41, 5.74) is 6.89. The Morgan fingerprint density at radius 3 is 1.38 bits per heavy atom. The minimum absolute atomic E-state index is 0.0110. The quantitative estimate of drug-likeness (QED) is 0.0506. The zero-order valence-corrected chi connectivity index (χ0v) is 54.3. The van der Waals surface area contributed by atoms with Crippen molar-refractivity contribution >= 4 is 32.3 Å². The zero-order valence-electron chi connectivity index (χ0n) is 52.7. The summed E-state index contributed by atoms with van der Waals surface area (Å²) >= 11 is 0. The summed E-state index contributed by atoms with van der Waals surface area (Å²) in [6.07, 6.45) is 31.6. The van der Waals surface area contributed by atoms with E-state index in [1.54, 1.807) is 6.07 Å². The van der Waals surface area contributed by atoms with Gasteiger partial charge in [0.15, 0.2) is 6.20 Å². The first-order chi connectivity index (χ1) is 43.7.